The van der Waals surface area contributed by atoms with Gasteiger partial charge in [0.2, 0.25) is 5.91 Å². The van der Waals surface area contributed by atoms with Crippen LogP contribution in [0.2, 0.25) is 0 Å². The van der Waals surface area contributed by atoms with Crippen molar-refractivity contribution in [3.05, 3.63) is 0 Å². The molecular formula is C13H24N2O3. The normalized spacial score (nSPS) is 24.7. The molecule has 0 aromatic carbocycles. The van der Waals surface area contributed by atoms with Crippen molar-refractivity contribution in [2.75, 3.05) is 6.54 Å². The van der Waals surface area contributed by atoms with Gasteiger partial charge in [0, 0.05) is 12.1 Å². The molecule has 18 heavy (non-hydrogen) atoms. The summed E-state index contributed by atoms with van der Waals surface area (Å²) in [6.07, 6.45) is 4.81. The summed E-state index contributed by atoms with van der Waals surface area (Å²) >= 11 is 0. The van der Waals surface area contributed by atoms with E-state index >= 15 is 0 Å². The van der Waals surface area contributed by atoms with Gasteiger partial charge >= 0.3 is 5.97 Å². The first-order chi connectivity index (χ1) is 8.43. The molecule has 0 spiro atoms. The highest BCUT2D eigenvalue weighted by Gasteiger charge is 2.32. The topological polar surface area (TPSA) is 83.6 Å². The first-order valence-corrected chi connectivity index (χ1v) is 6.71. The summed E-state index contributed by atoms with van der Waals surface area (Å²) in [5, 5.41) is 8.88. The van der Waals surface area contributed by atoms with E-state index in [-0.39, 0.29) is 30.5 Å². The van der Waals surface area contributed by atoms with E-state index in [1.165, 1.54) is 4.90 Å². The summed E-state index contributed by atoms with van der Waals surface area (Å²) in [6, 6.07) is -0.237. The molecule has 0 heterocycles. The zero-order valence-corrected chi connectivity index (χ0v) is 11.3. The van der Waals surface area contributed by atoms with Crippen molar-refractivity contribution >= 4 is 11.9 Å². The van der Waals surface area contributed by atoms with Gasteiger partial charge in [-0.15, -0.1) is 0 Å². The molecule has 0 saturated heterocycles. The van der Waals surface area contributed by atoms with Crippen LogP contribution in [0.5, 0.6) is 0 Å². The number of rotatable bonds is 4. The lowest BCUT2D eigenvalue weighted by Gasteiger charge is -2.31. The molecule has 1 rings (SSSR count). The number of carbonyl (C=O) groups excluding carboxylic acids is 1. The molecule has 2 unspecified atom stereocenters. The SMILES string of the molecule is CC(C)N(CC(=O)O)C(=O)C1CCCCCC1N. The molecule has 0 radical (unpaired) electrons. The van der Waals surface area contributed by atoms with Crippen LogP contribution in [0.15, 0.2) is 0 Å². The predicted octanol–water partition coefficient (Wildman–Crippen LogP) is 1.22. The Balaban J connectivity index is 2.76. The molecule has 5 heteroatoms. The van der Waals surface area contributed by atoms with Crippen LogP contribution in [0.25, 0.3) is 0 Å². The van der Waals surface area contributed by atoms with Gasteiger partial charge in [-0.05, 0) is 26.7 Å². The Bertz CT molecular complexity index is 305. The minimum Gasteiger partial charge on any atom is -0.480 e. The van der Waals surface area contributed by atoms with Crippen LogP contribution >= 0.6 is 0 Å². The highest BCUT2D eigenvalue weighted by molar-refractivity contribution is 5.83. The summed E-state index contributed by atoms with van der Waals surface area (Å²) in [6.45, 7) is 3.44. The summed E-state index contributed by atoms with van der Waals surface area (Å²) < 4.78 is 0. The molecule has 2 atom stereocenters. The average molecular weight is 256 g/mol. The predicted molar refractivity (Wildman–Crippen MR) is 69.0 cm³/mol. The zero-order chi connectivity index (χ0) is 13.7. The maximum absolute atomic E-state index is 12.4. The molecule has 5 nitrogen and oxygen atoms in total. The number of nitrogens with two attached hydrogens (primary N) is 1. The van der Waals surface area contributed by atoms with Crippen molar-refractivity contribution in [2.45, 2.75) is 58.0 Å². The highest BCUT2D eigenvalue weighted by Crippen LogP contribution is 2.24. The molecule has 1 amide bonds. The third-order valence-corrected chi connectivity index (χ3v) is 3.60. The second-order valence-electron chi connectivity index (χ2n) is 5.36. The van der Waals surface area contributed by atoms with E-state index in [1.807, 2.05) is 13.8 Å². The number of carbonyl (C=O) groups is 2. The number of nitrogens with zero attached hydrogens (tertiary/aromatic N) is 1. The molecule has 104 valence electrons. The van der Waals surface area contributed by atoms with Gasteiger partial charge < -0.3 is 15.7 Å². The number of carboxylic acids is 1. The summed E-state index contributed by atoms with van der Waals surface area (Å²) in [4.78, 5) is 24.7. The average Bonchev–Trinajstić information content (AvgIpc) is 2.49. The molecule has 0 aliphatic heterocycles. The number of carboxylic acid groups (broad SMARTS) is 1. The highest BCUT2D eigenvalue weighted by atomic mass is 16.4. The second-order valence-corrected chi connectivity index (χ2v) is 5.36. The van der Waals surface area contributed by atoms with Crippen molar-refractivity contribution in [3.63, 3.8) is 0 Å². The van der Waals surface area contributed by atoms with Crippen LogP contribution in [0.1, 0.15) is 46.0 Å². The van der Waals surface area contributed by atoms with E-state index < -0.39 is 5.97 Å². The van der Waals surface area contributed by atoms with Gasteiger partial charge in [-0.2, -0.15) is 0 Å². The molecule has 1 saturated carbocycles. The molecule has 1 aliphatic rings. The zero-order valence-electron chi connectivity index (χ0n) is 11.3. The fourth-order valence-electron chi connectivity index (χ4n) is 2.52. The van der Waals surface area contributed by atoms with Crippen molar-refractivity contribution in [3.8, 4) is 0 Å². The standard InChI is InChI=1S/C13H24N2O3/c1-9(2)15(8-12(16)17)13(18)10-6-4-3-5-7-11(10)14/h9-11H,3-8,14H2,1-2H3,(H,16,17). The molecule has 3 N–H and O–H groups in total. The van der Waals surface area contributed by atoms with Crippen molar-refractivity contribution in [1.29, 1.82) is 0 Å². The Morgan fingerprint density at radius 1 is 1.28 bits per heavy atom. The van der Waals surface area contributed by atoms with E-state index in [1.54, 1.807) is 0 Å². The van der Waals surface area contributed by atoms with Crippen molar-refractivity contribution in [1.82, 2.24) is 4.90 Å². The maximum atomic E-state index is 12.4. The van der Waals surface area contributed by atoms with Gasteiger partial charge in [0.15, 0.2) is 0 Å². The third-order valence-electron chi connectivity index (χ3n) is 3.60. The van der Waals surface area contributed by atoms with E-state index in [2.05, 4.69) is 0 Å². The number of aliphatic carboxylic acids is 1. The van der Waals surface area contributed by atoms with Gasteiger partial charge in [0.1, 0.15) is 6.54 Å². The molecule has 0 aromatic rings. The van der Waals surface area contributed by atoms with Crippen LogP contribution in [0.3, 0.4) is 0 Å². The maximum Gasteiger partial charge on any atom is 0.323 e. The first kappa shape index (κ1) is 15.0. The monoisotopic (exact) mass is 256 g/mol. The molecule has 1 fully saturated rings. The number of hydrogen-bond acceptors (Lipinski definition) is 3. The van der Waals surface area contributed by atoms with Gasteiger partial charge in [-0.25, -0.2) is 0 Å². The second kappa shape index (κ2) is 6.73. The van der Waals surface area contributed by atoms with Crippen molar-refractivity contribution < 1.29 is 14.7 Å². The molecule has 0 bridgehead atoms. The van der Waals surface area contributed by atoms with Gasteiger partial charge in [-0.1, -0.05) is 19.3 Å². The van der Waals surface area contributed by atoms with Gasteiger partial charge in [0.05, 0.1) is 5.92 Å². The van der Waals surface area contributed by atoms with E-state index in [9.17, 15) is 9.59 Å². The Kier molecular flexibility index (Phi) is 5.59. The first-order valence-electron chi connectivity index (χ1n) is 6.71. The molecule has 1 aliphatic carbocycles. The summed E-state index contributed by atoms with van der Waals surface area (Å²) in [5.74, 6) is -1.28. The van der Waals surface area contributed by atoms with Crippen LogP contribution in [-0.4, -0.2) is 40.5 Å². The number of hydrogen-bond donors (Lipinski definition) is 2. The minimum atomic E-state index is -0.973. The smallest absolute Gasteiger partial charge is 0.323 e. The van der Waals surface area contributed by atoms with Crippen LogP contribution in [-0.2, 0) is 9.59 Å². The summed E-state index contributed by atoms with van der Waals surface area (Å²) in [5.41, 5.74) is 6.05. The Morgan fingerprint density at radius 2 is 1.89 bits per heavy atom. The number of amides is 1. The lowest BCUT2D eigenvalue weighted by molar-refractivity contribution is -0.148. The Labute approximate surface area is 108 Å². The van der Waals surface area contributed by atoms with Crippen LogP contribution in [0, 0.1) is 5.92 Å². The summed E-state index contributed by atoms with van der Waals surface area (Å²) in [7, 11) is 0. The fourth-order valence-corrected chi connectivity index (χ4v) is 2.52. The van der Waals surface area contributed by atoms with Gasteiger partial charge in [0.25, 0.3) is 0 Å². The minimum absolute atomic E-state index is 0.0956. The molecule has 0 aromatic heterocycles. The fraction of sp³-hybridized carbons (Fsp3) is 0.846. The quantitative estimate of drug-likeness (QED) is 0.741. The lowest BCUT2D eigenvalue weighted by Crippen LogP contribution is -2.48. The Morgan fingerprint density at radius 3 is 2.44 bits per heavy atom. The van der Waals surface area contributed by atoms with Crippen molar-refractivity contribution in [2.24, 2.45) is 11.7 Å². The van der Waals surface area contributed by atoms with E-state index in [0.29, 0.717) is 0 Å². The van der Waals surface area contributed by atoms with E-state index in [0.717, 1.165) is 32.1 Å². The van der Waals surface area contributed by atoms with Gasteiger partial charge in [-0.3, -0.25) is 9.59 Å². The largest absolute Gasteiger partial charge is 0.480 e. The third kappa shape index (κ3) is 3.98. The molecular weight excluding hydrogens is 232 g/mol. The van der Waals surface area contributed by atoms with Crippen LogP contribution < -0.4 is 5.73 Å². The lowest BCUT2D eigenvalue weighted by atomic mass is 9.93. The Hall–Kier alpha value is -1.10. The van der Waals surface area contributed by atoms with Crippen LogP contribution in [0.4, 0.5) is 0 Å². The van der Waals surface area contributed by atoms with E-state index in [4.69, 9.17) is 10.8 Å².